The average molecular weight is 244 g/mol. The minimum absolute atomic E-state index is 0.00525. The number of hydrogen-bond acceptors (Lipinski definition) is 4. The fourth-order valence-electron chi connectivity index (χ4n) is 2.68. The Kier molecular flexibility index (Phi) is 2.61. The second-order valence-electron chi connectivity index (χ2n) is 4.95. The molecule has 3 rings (SSSR count). The normalized spacial score (nSPS) is 23.0. The standard InChI is InChI=1S/C13H16N4O/c1-8-7-12(15-9(2)14-8)17-13(18)10-5-3-4-6-11(10)16-17/h7,10H,3-6H2,1-2H3. The first-order valence-corrected chi connectivity index (χ1v) is 6.39. The molecule has 5 nitrogen and oxygen atoms in total. The molecule has 0 radical (unpaired) electrons. The van der Waals surface area contributed by atoms with Crippen molar-refractivity contribution in [3.8, 4) is 0 Å². The van der Waals surface area contributed by atoms with Crippen LogP contribution >= 0.6 is 0 Å². The predicted octanol–water partition coefficient (Wildman–Crippen LogP) is 1.99. The van der Waals surface area contributed by atoms with E-state index in [2.05, 4.69) is 15.1 Å². The molecule has 94 valence electrons. The zero-order valence-electron chi connectivity index (χ0n) is 10.7. The SMILES string of the molecule is Cc1cc(N2N=C3CCCCC3C2=O)nc(C)n1. The van der Waals surface area contributed by atoms with Crippen LogP contribution in [0.1, 0.15) is 37.2 Å². The Balaban J connectivity index is 1.97. The number of hydrazone groups is 1. The molecule has 0 N–H and O–H groups in total. The van der Waals surface area contributed by atoms with E-state index in [1.165, 1.54) is 5.01 Å². The molecule has 1 saturated carbocycles. The van der Waals surface area contributed by atoms with E-state index in [0.29, 0.717) is 11.6 Å². The van der Waals surface area contributed by atoms with Crippen LogP contribution in [-0.2, 0) is 4.79 Å². The minimum atomic E-state index is -0.00525. The van der Waals surface area contributed by atoms with Gasteiger partial charge in [0, 0.05) is 11.8 Å². The number of amides is 1. The largest absolute Gasteiger partial charge is 0.272 e. The highest BCUT2D eigenvalue weighted by Gasteiger charge is 2.38. The van der Waals surface area contributed by atoms with E-state index in [9.17, 15) is 4.79 Å². The highest BCUT2D eigenvalue weighted by atomic mass is 16.2. The lowest BCUT2D eigenvalue weighted by Gasteiger charge is -2.16. The van der Waals surface area contributed by atoms with E-state index in [4.69, 9.17) is 0 Å². The van der Waals surface area contributed by atoms with Gasteiger partial charge in [-0.2, -0.15) is 10.1 Å². The highest BCUT2D eigenvalue weighted by molar-refractivity contribution is 6.15. The van der Waals surface area contributed by atoms with Gasteiger partial charge < -0.3 is 0 Å². The Hall–Kier alpha value is -1.78. The van der Waals surface area contributed by atoms with Crippen molar-refractivity contribution in [1.82, 2.24) is 9.97 Å². The molecule has 0 saturated heterocycles. The Morgan fingerprint density at radius 3 is 2.83 bits per heavy atom. The second-order valence-corrected chi connectivity index (χ2v) is 4.95. The minimum Gasteiger partial charge on any atom is -0.272 e. The van der Waals surface area contributed by atoms with Crippen molar-refractivity contribution in [3.63, 3.8) is 0 Å². The molecule has 1 aliphatic carbocycles. The summed E-state index contributed by atoms with van der Waals surface area (Å²) in [7, 11) is 0. The molecule has 1 unspecified atom stereocenters. The second kappa shape index (κ2) is 4.15. The van der Waals surface area contributed by atoms with Gasteiger partial charge in [0.2, 0.25) is 0 Å². The van der Waals surface area contributed by atoms with Crippen molar-refractivity contribution >= 4 is 17.4 Å². The van der Waals surface area contributed by atoms with Gasteiger partial charge in [0.05, 0.1) is 11.6 Å². The van der Waals surface area contributed by atoms with Crippen molar-refractivity contribution in [1.29, 1.82) is 0 Å². The summed E-state index contributed by atoms with van der Waals surface area (Å²) in [6, 6.07) is 1.81. The Morgan fingerprint density at radius 1 is 1.28 bits per heavy atom. The summed E-state index contributed by atoms with van der Waals surface area (Å²) in [6.07, 6.45) is 4.12. The number of nitrogens with zero attached hydrogens (tertiary/aromatic N) is 4. The molecule has 1 atom stereocenters. The monoisotopic (exact) mass is 244 g/mol. The van der Waals surface area contributed by atoms with Gasteiger partial charge in [-0.15, -0.1) is 0 Å². The molecule has 0 bridgehead atoms. The average Bonchev–Trinajstić information content (AvgIpc) is 2.66. The number of fused-ring (bicyclic) bond motifs is 1. The maximum Gasteiger partial charge on any atom is 0.257 e. The molecule has 0 aromatic carbocycles. The van der Waals surface area contributed by atoms with E-state index in [-0.39, 0.29) is 11.8 Å². The third kappa shape index (κ3) is 1.79. The lowest BCUT2D eigenvalue weighted by Crippen LogP contribution is -2.29. The number of anilines is 1. The van der Waals surface area contributed by atoms with Gasteiger partial charge in [-0.05, 0) is 33.1 Å². The summed E-state index contributed by atoms with van der Waals surface area (Å²) in [4.78, 5) is 20.8. The summed E-state index contributed by atoms with van der Waals surface area (Å²) in [5.74, 6) is 1.34. The topological polar surface area (TPSA) is 58.5 Å². The maximum absolute atomic E-state index is 12.3. The molecule has 2 aliphatic rings. The van der Waals surface area contributed by atoms with Crippen LogP contribution in [-0.4, -0.2) is 21.6 Å². The summed E-state index contributed by atoms with van der Waals surface area (Å²) in [6.45, 7) is 3.73. The van der Waals surface area contributed by atoms with E-state index in [1.54, 1.807) is 0 Å². The summed E-state index contributed by atoms with van der Waals surface area (Å²) < 4.78 is 0. The molecular formula is C13H16N4O. The van der Waals surface area contributed by atoms with Gasteiger partial charge in [-0.25, -0.2) is 9.97 Å². The van der Waals surface area contributed by atoms with Crippen molar-refractivity contribution < 1.29 is 4.79 Å². The van der Waals surface area contributed by atoms with Gasteiger partial charge in [0.1, 0.15) is 5.82 Å². The van der Waals surface area contributed by atoms with Gasteiger partial charge in [0.15, 0.2) is 5.82 Å². The van der Waals surface area contributed by atoms with E-state index >= 15 is 0 Å². The number of carbonyl (C=O) groups is 1. The van der Waals surface area contributed by atoms with Gasteiger partial charge >= 0.3 is 0 Å². The maximum atomic E-state index is 12.3. The highest BCUT2D eigenvalue weighted by Crippen LogP contribution is 2.31. The van der Waals surface area contributed by atoms with Crippen LogP contribution in [0.4, 0.5) is 5.82 Å². The third-order valence-electron chi connectivity index (χ3n) is 3.48. The van der Waals surface area contributed by atoms with Crippen molar-refractivity contribution in [2.24, 2.45) is 11.0 Å². The zero-order chi connectivity index (χ0) is 12.7. The van der Waals surface area contributed by atoms with Gasteiger partial charge in [-0.3, -0.25) is 4.79 Å². The first-order valence-electron chi connectivity index (χ1n) is 6.39. The number of carbonyl (C=O) groups excluding carboxylic acids is 1. The zero-order valence-corrected chi connectivity index (χ0v) is 10.7. The van der Waals surface area contributed by atoms with Crippen molar-refractivity contribution in [2.45, 2.75) is 39.5 Å². The van der Waals surface area contributed by atoms with Crippen LogP contribution in [0.3, 0.4) is 0 Å². The van der Waals surface area contributed by atoms with Crippen LogP contribution in [0.5, 0.6) is 0 Å². The molecule has 1 aromatic heterocycles. The fourth-order valence-corrected chi connectivity index (χ4v) is 2.68. The number of rotatable bonds is 1. The van der Waals surface area contributed by atoms with Crippen molar-refractivity contribution in [3.05, 3.63) is 17.6 Å². The first kappa shape index (κ1) is 11.3. The number of aromatic nitrogens is 2. The van der Waals surface area contributed by atoms with E-state index < -0.39 is 0 Å². The Labute approximate surface area is 106 Å². The molecule has 1 amide bonds. The summed E-state index contributed by atoms with van der Waals surface area (Å²) in [5.41, 5.74) is 1.89. The molecule has 1 aromatic rings. The molecular weight excluding hydrogens is 228 g/mol. The number of hydrogen-bond donors (Lipinski definition) is 0. The summed E-state index contributed by atoms with van der Waals surface area (Å²) >= 11 is 0. The molecule has 1 fully saturated rings. The lowest BCUT2D eigenvalue weighted by molar-refractivity contribution is -0.120. The Morgan fingerprint density at radius 2 is 2.11 bits per heavy atom. The third-order valence-corrected chi connectivity index (χ3v) is 3.48. The van der Waals surface area contributed by atoms with Gasteiger partial charge in [0.25, 0.3) is 5.91 Å². The molecule has 5 heteroatoms. The lowest BCUT2D eigenvalue weighted by atomic mass is 9.87. The quantitative estimate of drug-likeness (QED) is 0.759. The van der Waals surface area contributed by atoms with Crippen LogP contribution in [0.2, 0.25) is 0 Å². The molecule has 1 aliphatic heterocycles. The van der Waals surface area contributed by atoms with Crippen LogP contribution in [0.15, 0.2) is 11.2 Å². The fraction of sp³-hybridized carbons (Fsp3) is 0.538. The number of aryl methyl sites for hydroxylation is 2. The Bertz CT molecular complexity index is 518. The smallest absolute Gasteiger partial charge is 0.257 e. The van der Waals surface area contributed by atoms with Crippen LogP contribution < -0.4 is 5.01 Å². The molecule has 2 heterocycles. The van der Waals surface area contributed by atoms with Crippen LogP contribution in [0, 0.1) is 19.8 Å². The predicted molar refractivity (Wildman–Crippen MR) is 68.4 cm³/mol. The molecule has 18 heavy (non-hydrogen) atoms. The van der Waals surface area contributed by atoms with E-state index in [0.717, 1.165) is 37.1 Å². The van der Waals surface area contributed by atoms with Crippen molar-refractivity contribution in [2.75, 3.05) is 5.01 Å². The first-order chi connectivity index (χ1) is 8.65. The van der Waals surface area contributed by atoms with E-state index in [1.807, 2.05) is 19.9 Å². The molecule has 0 spiro atoms. The summed E-state index contributed by atoms with van der Waals surface area (Å²) in [5, 5.41) is 5.92. The van der Waals surface area contributed by atoms with Gasteiger partial charge in [-0.1, -0.05) is 6.42 Å². The van der Waals surface area contributed by atoms with Crippen LogP contribution in [0.25, 0.3) is 0 Å².